The van der Waals surface area contributed by atoms with Crippen molar-refractivity contribution in [2.24, 2.45) is 10.7 Å². The van der Waals surface area contributed by atoms with Gasteiger partial charge in [-0.3, -0.25) is 14.9 Å². The Bertz CT molecular complexity index is 900. The van der Waals surface area contributed by atoms with Gasteiger partial charge in [-0.2, -0.15) is 0 Å². The molecular formula is C16H12N4O. The molecule has 2 amide bonds. The number of pyridine rings is 1. The van der Waals surface area contributed by atoms with Gasteiger partial charge in [-0.1, -0.05) is 6.07 Å². The van der Waals surface area contributed by atoms with Crippen molar-refractivity contribution in [2.75, 3.05) is 11.4 Å². The van der Waals surface area contributed by atoms with E-state index in [0.717, 1.165) is 33.1 Å². The molecule has 2 aliphatic rings. The lowest BCUT2D eigenvalue weighted by Gasteiger charge is -2.15. The van der Waals surface area contributed by atoms with Crippen molar-refractivity contribution >= 4 is 35.3 Å². The summed E-state index contributed by atoms with van der Waals surface area (Å²) in [6.45, 7) is 0.439. The van der Waals surface area contributed by atoms with Crippen LogP contribution in [0.2, 0.25) is 0 Å². The highest BCUT2D eigenvalue weighted by Gasteiger charge is 2.25. The number of benzene rings is 1. The SMILES string of the molecule is NC(=O)N1CC(c2ccccn2)=c2cc3c(cc21)=CC=N3. The van der Waals surface area contributed by atoms with Crippen molar-refractivity contribution in [3.05, 3.63) is 52.7 Å². The summed E-state index contributed by atoms with van der Waals surface area (Å²) >= 11 is 0. The zero-order chi connectivity index (χ0) is 14.4. The van der Waals surface area contributed by atoms with E-state index >= 15 is 0 Å². The molecule has 0 unspecified atom stereocenters. The number of hydrogen-bond acceptors (Lipinski definition) is 3. The molecule has 2 N–H and O–H groups in total. The molecule has 21 heavy (non-hydrogen) atoms. The van der Waals surface area contributed by atoms with E-state index < -0.39 is 6.03 Å². The maximum atomic E-state index is 11.7. The number of amides is 2. The minimum atomic E-state index is -0.457. The lowest BCUT2D eigenvalue weighted by Crippen LogP contribution is -2.35. The van der Waals surface area contributed by atoms with Crippen LogP contribution in [-0.2, 0) is 0 Å². The fourth-order valence-electron chi connectivity index (χ4n) is 2.79. The van der Waals surface area contributed by atoms with E-state index in [4.69, 9.17) is 5.73 Å². The zero-order valence-electron chi connectivity index (χ0n) is 11.2. The standard InChI is InChI=1S/C16H12N4O/c17-16(21)20-9-12(13-3-1-2-5-18-13)11-8-14-10(4-6-19-14)7-15(11)20/h1-8H,9H2,(H2,17,21). The molecule has 102 valence electrons. The average molecular weight is 276 g/mol. The van der Waals surface area contributed by atoms with Crippen LogP contribution in [0.4, 0.5) is 16.2 Å². The van der Waals surface area contributed by atoms with Crippen molar-refractivity contribution in [2.45, 2.75) is 0 Å². The summed E-state index contributed by atoms with van der Waals surface area (Å²) in [5.41, 5.74) is 9.09. The maximum Gasteiger partial charge on any atom is 0.319 e. The van der Waals surface area contributed by atoms with E-state index in [1.54, 1.807) is 17.3 Å². The number of nitrogens with two attached hydrogens (primary N) is 1. The highest BCUT2D eigenvalue weighted by molar-refractivity contribution is 6.00. The number of urea groups is 1. The number of rotatable bonds is 1. The first-order valence-electron chi connectivity index (χ1n) is 6.64. The predicted molar refractivity (Wildman–Crippen MR) is 82.0 cm³/mol. The minimum absolute atomic E-state index is 0.439. The summed E-state index contributed by atoms with van der Waals surface area (Å²) in [4.78, 5) is 22.0. The summed E-state index contributed by atoms with van der Waals surface area (Å²) in [7, 11) is 0. The van der Waals surface area contributed by atoms with Crippen molar-refractivity contribution in [1.82, 2.24) is 4.98 Å². The van der Waals surface area contributed by atoms with Gasteiger partial charge in [0.2, 0.25) is 0 Å². The molecule has 0 spiro atoms. The highest BCUT2D eigenvalue weighted by Crippen LogP contribution is 2.23. The molecule has 0 saturated carbocycles. The molecule has 0 atom stereocenters. The van der Waals surface area contributed by atoms with Crippen molar-refractivity contribution in [3.63, 3.8) is 0 Å². The van der Waals surface area contributed by atoms with Crippen LogP contribution in [0, 0.1) is 0 Å². The normalized spacial score (nSPS) is 14.9. The Balaban J connectivity index is 2.02. The van der Waals surface area contributed by atoms with Gasteiger partial charge in [0, 0.05) is 28.4 Å². The predicted octanol–water partition coefficient (Wildman–Crippen LogP) is 0.676. The smallest absolute Gasteiger partial charge is 0.319 e. The number of nitrogens with zero attached hydrogens (tertiary/aromatic N) is 3. The van der Waals surface area contributed by atoms with E-state index in [9.17, 15) is 4.79 Å². The third-order valence-electron chi connectivity index (χ3n) is 3.78. The lowest BCUT2D eigenvalue weighted by atomic mass is 10.1. The van der Waals surface area contributed by atoms with Gasteiger partial charge in [-0.15, -0.1) is 0 Å². The molecule has 5 nitrogen and oxygen atoms in total. The van der Waals surface area contributed by atoms with Crippen LogP contribution < -0.4 is 21.1 Å². The molecule has 5 heteroatoms. The van der Waals surface area contributed by atoms with Gasteiger partial charge >= 0.3 is 6.03 Å². The number of aliphatic imine (C=N–C) groups is 1. The Hall–Kier alpha value is -2.95. The fraction of sp³-hybridized carbons (Fsp3) is 0.0625. The third-order valence-corrected chi connectivity index (χ3v) is 3.78. The summed E-state index contributed by atoms with van der Waals surface area (Å²) in [6, 6.07) is 9.23. The first kappa shape index (κ1) is 11.8. The lowest BCUT2D eigenvalue weighted by molar-refractivity contribution is 0.254. The third kappa shape index (κ3) is 1.74. The molecular weight excluding hydrogens is 264 g/mol. The van der Waals surface area contributed by atoms with E-state index in [0.29, 0.717) is 6.54 Å². The van der Waals surface area contributed by atoms with Crippen molar-refractivity contribution < 1.29 is 4.79 Å². The summed E-state index contributed by atoms with van der Waals surface area (Å²) < 4.78 is 0. The first-order chi connectivity index (χ1) is 10.2. The van der Waals surface area contributed by atoms with Crippen LogP contribution in [0.5, 0.6) is 0 Å². The number of fused-ring (bicyclic) bond motifs is 2. The zero-order valence-corrected chi connectivity index (χ0v) is 11.2. The first-order valence-corrected chi connectivity index (χ1v) is 6.64. The Kier molecular flexibility index (Phi) is 2.41. The second kappa shape index (κ2) is 4.28. The van der Waals surface area contributed by atoms with E-state index in [1.807, 2.05) is 36.4 Å². The number of carbonyl (C=O) groups excluding carboxylic acids is 1. The van der Waals surface area contributed by atoms with Gasteiger partial charge in [0.25, 0.3) is 0 Å². The van der Waals surface area contributed by atoms with E-state index in [1.165, 1.54) is 0 Å². The quantitative estimate of drug-likeness (QED) is 0.831. The van der Waals surface area contributed by atoms with Gasteiger partial charge in [0.05, 0.1) is 23.6 Å². The van der Waals surface area contributed by atoms with Gasteiger partial charge in [-0.25, -0.2) is 4.79 Å². The Morgan fingerprint density at radius 1 is 1.29 bits per heavy atom. The molecule has 1 aromatic heterocycles. The minimum Gasteiger partial charge on any atom is -0.351 e. The Morgan fingerprint density at radius 2 is 2.19 bits per heavy atom. The summed E-state index contributed by atoms with van der Waals surface area (Å²) in [5, 5.41) is 1.97. The molecule has 2 aromatic rings. The maximum absolute atomic E-state index is 11.7. The van der Waals surface area contributed by atoms with Gasteiger partial charge < -0.3 is 5.73 Å². The summed E-state index contributed by atoms with van der Waals surface area (Å²) in [6.07, 6.45) is 5.43. The van der Waals surface area contributed by atoms with Gasteiger partial charge in [0.15, 0.2) is 0 Å². The second-order valence-electron chi connectivity index (χ2n) is 4.99. The molecule has 1 aromatic carbocycles. The van der Waals surface area contributed by atoms with Crippen molar-refractivity contribution in [3.8, 4) is 0 Å². The number of hydrogen-bond donors (Lipinski definition) is 1. The molecule has 0 fully saturated rings. The largest absolute Gasteiger partial charge is 0.351 e. The molecule has 4 rings (SSSR count). The molecule has 2 aliphatic heterocycles. The molecule has 0 aliphatic carbocycles. The average Bonchev–Trinajstić information content (AvgIpc) is 3.09. The van der Waals surface area contributed by atoms with Crippen LogP contribution in [-0.4, -0.2) is 23.8 Å². The molecule has 0 saturated heterocycles. The van der Waals surface area contributed by atoms with Crippen LogP contribution in [0.3, 0.4) is 0 Å². The second-order valence-corrected chi connectivity index (χ2v) is 4.99. The molecule has 0 radical (unpaired) electrons. The van der Waals surface area contributed by atoms with Crippen LogP contribution in [0.25, 0.3) is 11.6 Å². The Labute approximate surface area is 120 Å². The molecule has 3 heterocycles. The number of carbonyl (C=O) groups is 1. The van der Waals surface area contributed by atoms with Crippen LogP contribution in [0.1, 0.15) is 5.69 Å². The number of aromatic nitrogens is 1. The molecule has 0 bridgehead atoms. The highest BCUT2D eigenvalue weighted by atomic mass is 16.2. The Morgan fingerprint density at radius 3 is 2.95 bits per heavy atom. The monoisotopic (exact) mass is 276 g/mol. The van der Waals surface area contributed by atoms with Gasteiger partial charge in [-0.05, 0) is 30.3 Å². The number of primary amides is 1. The van der Waals surface area contributed by atoms with E-state index in [-0.39, 0.29) is 0 Å². The van der Waals surface area contributed by atoms with E-state index in [2.05, 4.69) is 9.98 Å². The van der Waals surface area contributed by atoms with Crippen molar-refractivity contribution in [1.29, 1.82) is 0 Å². The number of anilines is 1. The van der Waals surface area contributed by atoms with Crippen LogP contribution in [0.15, 0.2) is 41.5 Å². The van der Waals surface area contributed by atoms with Crippen LogP contribution >= 0.6 is 0 Å². The topological polar surface area (TPSA) is 71.6 Å². The fourth-order valence-corrected chi connectivity index (χ4v) is 2.79. The van der Waals surface area contributed by atoms with Gasteiger partial charge in [0.1, 0.15) is 0 Å². The summed E-state index contributed by atoms with van der Waals surface area (Å²) in [5.74, 6) is 0.